The number of halogens is 10. The molecule has 0 radical (unpaired) electrons. The van der Waals surface area contributed by atoms with E-state index in [1.807, 2.05) is 0 Å². The Labute approximate surface area is 282 Å². The van der Waals surface area contributed by atoms with Gasteiger partial charge in [-0.05, 0) is 54.8 Å². The molecule has 0 aliphatic heterocycles. The zero-order chi connectivity index (χ0) is 37.6. The Hall–Kier alpha value is -5.09. The minimum atomic E-state index is -5.59. The first kappa shape index (κ1) is 37.2. The molecule has 0 saturated heterocycles. The molecule has 0 bridgehead atoms. The molecule has 270 valence electrons. The SMILES string of the molecule is CC(=O)Oc1ccc(-c2ccc(F)c(C(C)=O)c2)c([C@@H](CC(=O)Cn2nc(C(F)(F)F)c3c2C(F)(F)CCC3(F)F)Cc2cc(F)cc(F)c2)n1. The number of ketones is 2. The average molecular weight is 730 g/mol. The third-order valence-electron chi connectivity index (χ3n) is 8.08. The normalized spacial score (nSPS) is 15.6. The number of aromatic nitrogens is 3. The van der Waals surface area contributed by atoms with Crippen LogP contribution in [-0.2, 0) is 40.6 Å². The minimum absolute atomic E-state index is 0.0741. The second kappa shape index (κ2) is 13.6. The van der Waals surface area contributed by atoms with Crippen LogP contribution in [0.3, 0.4) is 0 Å². The summed E-state index contributed by atoms with van der Waals surface area (Å²) < 4.78 is 149. The Morgan fingerprint density at radius 3 is 2.16 bits per heavy atom. The smallest absolute Gasteiger partial charge is 0.408 e. The lowest BCUT2D eigenvalue weighted by atomic mass is 9.86. The Bertz CT molecular complexity index is 2020. The quantitative estimate of drug-likeness (QED) is 0.0925. The molecule has 1 atom stereocenters. The van der Waals surface area contributed by atoms with Crippen molar-refractivity contribution in [3.05, 3.63) is 99.8 Å². The Kier molecular flexibility index (Phi) is 9.88. The standard InChI is InChI=1S/C34H25F10N3O4/c1-16(48)25-13-19(3-5-26(25)37)24-4-6-27(51-17(2)49)45-29(24)20(9-18-10-21(35)14-22(36)11-18)12-23(50)15-47-31-28(30(46-47)34(42,43)44)32(38,39)7-8-33(31,40)41/h3-6,10-11,13-14,20H,7-9,12,15H2,1-2H3/t20-/m1/s1. The number of rotatable bonds is 10. The topological polar surface area (TPSA) is 91.2 Å². The van der Waals surface area contributed by atoms with Crippen LogP contribution in [0.25, 0.3) is 11.1 Å². The highest BCUT2D eigenvalue weighted by molar-refractivity contribution is 5.95. The number of fused-ring (bicyclic) bond motifs is 1. The highest BCUT2D eigenvalue weighted by Gasteiger charge is 2.57. The molecule has 2 heterocycles. The summed E-state index contributed by atoms with van der Waals surface area (Å²) in [5.41, 5.74) is -6.50. The number of carbonyl (C=O) groups excluding carboxylic acids is 3. The highest BCUT2D eigenvalue weighted by Crippen LogP contribution is 2.53. The van der Waals surface area contributed by atoms with E-state index < -0.39 is 108 Å². The van der Waals surface area contributed by atoms with E-state index in [0.717, 1.165) is 38.1 Å². The molecule has 0 unspecified atom stereocenters. The molecule has 7 nitrogen and oxygen atoms in total. The van der Waals surface area contributed by atoms with Gasteiger partial charge in [-0.3, -0.25) is 19.1 Å². The first-order valence-electron chi connectivity index (χ1n) is 15.1. The fourth-order valence-corrected chi connectivity index (χ4v) is 6.01. The lowest BCUT2D eigenvalue weighted by Crippen LogP contribution is -2.34. The molecule has 5 rings (SSSR count). The van der Waals surface area contributed by atoms with Crippen LogP contribution in [0.2, 0.25) is 0 Å². The van der Waals surface area contributed by atoms with E-state index in [9.17, 15) is 49.5 Å². The maximum atomic E-state index is 15.0. The van der Waals surface area contributed by atoms with E-state index in [1.165, 1.54) is 18.2 Å². The van der Waals surface area contributed by atoms with Gasteiger partial charge in [-0.25, -0.2) is 26.9 Å². The fourth-order valence-electron chi connectivity index (χ4n) is 6.01. The lowest BCUT2D eigenvalue weighted by Gasteiger charge is -2.30. The summed E-state index contributed by atoms with van der Waals surface area (Å²) in [6.07, 6.45) is -10.0. The van der Waals surface area contributed by atoms with Crippen molar-refractivity contribution in [1.82, 2.24) is 14.8 Å². The van der Waals surface area contributed by atoms with Gasteiger partial charge in [-0.1, -0.05) is 6.07 Å². The number of hydrogen-bond acceptors (Lipinski definition) is 6. The molecule has 0 saturated carbocycles. The van der Waals surface area contributed by atoms with Crippen LogP contribution in [-0.4, -0.2) is 32.3 Å². The number of benzene rings is 2. The summed E-state index contributed by atoms with van der Waals surface area (Å²) in [6.45, 7) is 0.759. The molecule has 1 aliphatic carbocycles. The summed E-state index contributed by atoms with van der Waals surface area (Å²) in [5, 5.41) is 3.00. The van der Waals surface area contributed by atoms with Gasteiger partial charge in [0.15, 0.2) is 17.3 Å². The van der Waals surface area contributed by atoms with E-state index in [-0.39, 0.29) is 38.5 Å². The van der Waals surface area contributed by atoms with Crippen molar-refractivity contribution in [3.8, 4) is 17.0 Å². The van der Waals surface area contributed by atoms with Gasteiger partial charge in [-0.2, -0.15) is 27.1 Å². The predicted molar refractivity (Wildman–Crippen MR) is 158 cm³/mol. The first-order chi connectivity index (χ1) is 23.7. The molecule has 0 N–H and O–H groups in total. The van der Waals surface area contributed by atoms with Gasteiger partial charge < -0.3 is 4.74 Å². The zero-order valence-corrected chi connectivity index (χ0v) is 26.5. The Balaban J connectivity index is 1.65. The molecule has 1 aliphatic rings. The van der Waals surface area contributed by atoms with Crippen molar-refractivity contribution >= 4 is 17.5 Å². The van der Waals surface area contributed by atoms with Crippen LogP contribution in [0.5, 0.6) is 5.88 Å². The molecule has 51 heavy (non-hydrogen) atoms. The molecular weight excluding hydrogens is 704 g/mol. The van der Waals surface area contributed by atoms with E-state index in [0.29, 0.717) is 6.07 Å². The van der Waals surface area contributed by atoms with E-state index in [4.69, 9.17) is 4.74 Å². The van der Waals surface area contributed by atoms with E-state index in [1.54, 1.807) is 0 Å². The van der Waals surface area contributed by atoms with Crippen LogP contribution in [0.1, 0.15) is 77.6 Å². The number of carbonyl (C=O) groups is 3. The predicted octanol–water partition coefficient (Wildman–Crippen LogP) is 8.47. The van der Waals surface area contributed by atoms with Crippen molar-refractivity contribution in [2.75, 3.05) is 0 Å². The number of hydrogen-bond donors (Lipinski definition) is 0. The van der Waals surface area contributed by atoms with E-state index >= 15 is 8.78 Å². The third-order valence-corrected chi connectivity index (χ3v) is 8.08. The number of alkyl halides is 7. The second-order valence-electron chi connectivity index (χ2n) is 12.0. The molecule has 4 aromatic rings. The average Bonchev–Trinajstić information content (AvgIpc) is 3.41. The third kappa shape index (κ3) is 7.96. The Morgan fingerprint density at radius 2 is 1.55 bits per heavy atom. The van der Waals surface area contributed by atoms with Gasteiger partial charge >= 0.3 is 12.1 Å². The number of ether oxygens (including phenoxy) is 1. The van der Waals surface area contributed by atoms with Crippen molar-refractivity contribution in [2.45, 2.75) is 70.0 Å². The van der Waals surface area contributed by atoms with Gasteiger partial charge in [0, 0.05) is 49.8 Å². The molecule has 2 aromatic heterocycles. The number of Topliss-reactive ketones (excluding diaryl/α,β-unsaturated/α-hetero) is 2. The summed E-state index contributed by atoms with van der Waals surface area (Å²) >= 11 is 0. The van der Waals surface area contributed by atoms with Crippen molar-refractivity contribution in [2.24, 2.45) is 0 Å². The Morgan fingerprint density at radius 1 is 0.902 bits per heavy atom. The van der Waals surface area contributed by atoms with Crippen LogP contribution in [0.4, 0.5) is 43.9 Å². The summed E-state index contributed by atoms with van der Waals surface area (Å²) in [6, 6.07) is 8.16. The fraction of sp³-hybridized carbons (Fsp3) is 0.324. The number of esters is 1. The highest BCUT2D eigenvalue weighted by atomic mass is 19.4. The maximum Gasteiger partial charge on any atom is 0.435 e. The van der Waals surface area contributed by atoms with Crippen LogP contribution < -0.4 is 4.74 Å². The maximum absolute atomic E-state index is 15.0. The number of nitrogens with zero attached hydrogens (tertiary/aromatic N) is 3. The number of pyridine rings is 1. The van der Waals surface area contributed by atoms with Gasteiger partial charge in [0.2, 0.25) is 5.88 Å². The van der Waals surface area contributed by atoms with Crippen LogP contribution >= 0.6 is 0 Å². The summed E-state index contributed by atoms with van der Waals surface area (Å²) in [4.78, 5) is 41.8. The molecule has 0 amide bonds. The van der Waals surface area contributed by atoms with Crippen molar-refractivity contribution in [3.63, 3.8) is 0 Å². The zero-order valence-electron chi connectivity index (χ0n) is 26.5. The lowest BCUT2D eigenvalue weighted by molar-refractivity contribution is -0.149. The largest absolute Gasteiger partial charge is 0.435 e. The molecule has 0 fully saturated rings. The van der Waals surface area contributed by atoms with E-state index in [2.05, 4.69) is 10.1 Å². The molecule has 17 heteroatoms. The first-order valence-corrected chi connectivity index (χ1v) is 15.1. The second-order valence-corrected chi connectivity index (χ2v) is 12.0. The van der Waals surface area contributed by atoms with Gasteiger partial charge in [0.25, 0.3) is 11.8 Å². The van der Waals surface area contributed by atoms with Crippen LogP contribution in [0.15, 0.2) is 48.5 Å². The minimum Gasteiger partial charge on any atom is -0.408 e. The molecule has 2 aromatic carbocycles. The van der Waals surface area contributed by atoms with Crippen molar-refractivity contribution in [1.29, 1.82) is 0 Å². The van der Waals surface area contributed by atoms with Crippen LogP contribution in [0, 0.1) is 17.5 Å². The summed E-state index contributed by atoms with van der Waals surface area (Å²) in [7, 11) is 0. The monoisotopic (exact) mass is 729 g/mol. The van der Waals surface area contributed by atoms with Gasteiger partial charge in [0.05, 0.1) is 16.8 Å². The molecular formula is C34H25F10N3O4. The molecule has 0 spiro atoms. The van der Waals surface area contributed by atoms with Crippen molar-refractivity contribution < 1.29 is 63.0 Å². The summed E-state index contributed by atoms with van der Waals surface area (Å²) in [5.74, 6) is -15.9. The van der Waals surface area contributed by atoms with Gasteiger partial charge in [-0.15, -0.1) is 0 Å². The van der Waals surface area contributed by atoms with Gasteiger partial charge in [0.1, 0.15) is 29.7 Å².